The number of anilines is 1. The van der Waals surface area contributed by atoms with Crippen LogP contribution in [0.1, 0.15) is 37.4 Å². The number of piperidine rings is 1. The molecule has 2 fully saturated rings. The summed E-state index contributed by atoms with van der Waals surface area (Å²) in [6.07, 6.45) is 4.29. The summed E-state index contributed by atoms with van der Waals surface area (Å²) < 4.78 is 4.39. The highest BCUT2D eigenvalue weighted by molar-refractivity contribution is 7.09. The van der Waals surface area contributed by atoms with Crippen LogP contribution in [0.25, 0.3) is 0 Å². The molecular formula is C10H15N3OS. The number of rotatable bonds is 2. The molecule has 1 atom stereocenters. The molecule has 1 saturated heterocycles. The van der Waals surface area contributed by atoms with Gasteiger partial charge in [-0.3, -0.25) is 0 Å². The molecule has 1 saturated carbocycles. The van der Waals surface area contributed by atoms with Crippen LogP contribution in [0.3, 0.4) is 0 Å². The van der Waals surface area contributed by atoms with E-state index in [1.54, 1.807) is 0 Å². The maximum absolute atomic E-state index is 9.58. The summed E-state index contributed by atoms with van der Waals surface area (Å²) in [5.74, 6) is 1.65. The predicted octanol–water partition coefficient (Wildman–Crippen LogP) is 1.38. The molecule has 1 N–H and O–H groups in total. The van der Waals surface area contributed by atoms with Gasteiger partial charge in [0.05, 0.1) is 6.10 Å². The minimum Gasteiger partial charge on any atom is -0.391 e. The number of aromatic nitrogens is 2. The van der Waals surface area contributed by atoms with Gasteiger partial charge in [0.15, 0.2) is 0 Å². The summed E-state index contributed by atoms with van der Waals surface area (Å²) in [6.45, 7) is 1.73. The van der Waals surface area contributed by atoms with Crippen molar-refractivity contribution in [3.8, 4) is 0 Å². The fraction of sp³-hybridized carbons (Fsp3) is 0.800. The van der Waals surface area contributed by atoms with E-state index in [2.05, 4.69) is 14.3 Å². The average molecular weight is 225 g/mol. The SMILES string of the molecule is O[C@H]1CCCN(c2nc(C3CC3)ns2)C1. The molecule has 1 aromatic rings. The van der Waals surface area contributed by atoms with Gasteiger partial charge in [0.25, 0.3) is 0 Å². The van der Waals surface area contributed by atoms with Gasteiger partial charge in [-0.05, 0) is 25.7 Å². The molecule has 2 heterocycles. The van der Waals surface area contributed by atoms with Gasteiger partial charge in [-0.25, -0.2) is 4.98 Å². The van der Waals surface area contributed by atoms with Crippen molar-refractivity contribution in [1.82, 2.24) is 9.36 Å². The van der Waals surface area contributed by atoms with E-state index in [1.165, 1.54) is 24.4 Å². The lowest BCUT2D eigenvalue weighted by Crippen LogP contribution is -2.38. The van der Waals surface area contributed by atoms with Crippen LogP contribution in [-0.4, -0.2) is 33.7 Å². The van der Waals surface area contributed by atoms with Crippen molar-refractivity contribution in [3.05, 3.63) is 5.82 Å². The first-order valence-electron chi connectivity index (χ1n) is 5.59. The molecule has 4 nitrogen and oxygen atoms in total. The summed E-state index contributed by atoms with van der Waals surface area (Å²) in [5, 5.41) is 10.6. The van der Waals surface area contributed by atoms with E-state index in [0.29, 0.717) is 5.92 Å². The number of aliphatic hydroxyl groups excluding tert-OH is 1. The molecule has 2 aliphatic rings. The standard InChI is InChI=1S/C10H15N3OS/c14-8-2-1-5-13(6-8)10-11-9(12-15-10)7-3-4-7/h7-8,14H,1-6H2/t8-/m0/s1. The highest BCUT2D eigenvalue weighted by Crippen LogP contribution is 2.39. The first-order chi connectivity index (χ1) is 7.33. The summed E-state index contributed by atoms with van der Waals surface area (Å²) in [4.78, 5) is 6.72. The van der Waals surface area contributed by atoms with Crippen LogP contribution in [0.2, 0.25) is 0 Å². The summed E-state index contributed by atoms with van der Waals surface area (Å²) in [5.41, 5.74) is 0. The normalized spacial score (nSPS) is 27.0. The van der Waals surface area contributed by atoms with E-state index >= 15 is 0 Å². The molecule has 15 heavy (non-hydrogen) atoms. The average Bonchev–Trinajstić information content (AvgIpc) is 2.97. The molecule has 0 spiro atoms. The van der Waals surface area contributed by atoms with E-state index in [-0.39, 0.29) is 6.10 Å². The predicted molar refractivity (Wildman–Crippen MR) is 59.3 cm³/mol. The fourth-order valence-corrected chi connectivity index (χ4v) is 2.77. The lowest BCUT2D eigenvalue weighted by molar-refractivity contribution is 0.154. The van der Waals surface area contributed by atoms with Crippen molar-refractivity contribution >= 4 is 16.7 Å². The zero-order valence-corrected chi connectivity index (χ0v) is 9.41. The van der Waals surface area contributed by atoms with Crippen LogP contribution in [0.4, 0.5) is 5.13 Å². The largest absolute Gasteiger partial charge is 0.391 e. The molecule has 0 aromatic carbocycles. The van der Waals surface area contributed by atoms with Gasteiger partial charge in [0, 0.05) is 30.5 Å². The third kappa shape index (κ3) is 1.99. The van der Waals surface area contributed by atoms with Crippen molar-refractivity contribution in [2.75, 3.05) is 18.0 Å². The van der Waals surface area contributed by atoms with E-state index in [4.69, 9.17) is 0 Å². The van der Waals surface area contributed by atoms with Gasteiger partial charge in [-0.15, -0.1) is 0 Å². The Hall–Kier alpha value is -0.680. The van der Waals surface area contributed by atoms with Crippen molar-refractivity contribution in [2.24, 2.45) is 0 Å². The van der Waals surface area contributed by atoms with Crippen molar-refractivity contribution in [3.63, 3.8) is 0 Å². The van der Waals surface area contributed by atoms with Crippen LogP contribution in [0.15, 0.2) is 0 Å². The highest BCUT2D eigenvalue weighted by atomic mass is 32.1. The second-order valence-electron chi connectivity index (χ2n) is 4.45. The van der Waals surface area contributed by atoms with Gasteiger partial charge in [0.2, 0.25) is 5.13 Å². The van der Waals surface area contributed by atoms with Crippen molar-refractivity contribution in [2.45, 2.75) is 37.7 Å². The van der Waals surface area contributed by atoms with Crippen LogP contribution in [0, 0.1) is 0 Å². The Balaban J connectivity index is 1.73. The lowest BCUT2D eigenvalue weighted by atomic mass is 10.1. The smallest absolute Gasteiger partial charge is 0.205 e. The Bertz CT molecular complexity index is 350. The Kier molecular flexibility index (Phi) is 2.36. The molecule has 82 valence electrons. The lowest BCUT2D eigenvalue weighted by Gasteiger charge is -2.29. The van der Waals surface area contributed by atoms with Crippen LogP contribution >= 0.6 is 11.5 Å². The number of β-amino-alcohol motifs (C(OH)–C–C–N with tert-alkyl or cyclic N) is 1. The Morgan fingerprint density at radius 3 is 2.93 bits per heavy atom. The van der Waals surface area contributed by atoms with Gasteiger partial charge in [0.1, 0.15) is 5.82 Å². The van der Waals surface area contributed by atoms with E-state index in [9.17, 15) is 5.11 Å². The molecule has 0 unspecified atom stereocenters. The minimum atomic E-state index is -0.188. The second kappa shape index (κ2) is 3.72. The van der Waals surface area contributed by atoms with Gasteiger partial charge in [-0.2, -0.15) is 4.37 Å². The van der Waals surface area contributed by atoms with Crippen LogP contribution < -0.4 is 4.90 Å². The maximum Gasteiger partial charge on any atom is 0.205 e. The Labute approximate surface area is 93.1 Å². The summed E-state index contributed by atoms with van der Waals surface area (Å²) in [7, 11) is 0. The molecule has 1 aromatic heterocycles. The van der Waals surface area contributed by atoms with Crippen molar-refractivity contribution in [1.29, 1.82) is 0 Å². The van der Waals surface area contributed by atoms with E-state index in [1.807, 2.05) is 0 Å². The topological polar surface area (TPSA) is 49.2 Å². The first-order valence-corrected chi connectivity index (χ1v) is 6.37. The Morgan fingerprint density at radius 2 is 2.20 bits per heavy atom. The monoisotopic (exact) mass is 225 g/mol. The first kappa shape index (κ1) is 9.54. The summed E-state index contributed by atoms with van der Waals surface area (Å²) >= 11 is 1.48. The Morgan fingerprint density at radius 1 is 1.33 bits per heavy atom. The molecule has 1 aliphatic heterocycles. The van der Waals surface area contributed by atoms with E-state index < -0.39 is 0 Å². The van der Waals surface area contributed by atoms with Crippen LogP contribution in [0.5, 0.6) is 0 Å². The number of hydrogen-bond donors (Lipinski definition) is 1. The third-order valence-corrected chi connectivity index (χ3v) is 3.83. The highest BCUT2D eigenvalue weighted by Gasteiger charge is 2.29. The zero-order chi connectivity index (χ0) is 10.3. The third-order valence-electron chi connectivity index (χ3n) is 3.04. The quantitative estimate of drug-likeness (QED) is 0.826. The fourth-order valence-electron chi connectivity index (χ4n) is 1.99. The second-order valence-corrected chi connectivity index (χ2v) is 5.18. The molecule has 0 bridgehead atoms. The molecule has 5 heteroatoms. The number of aliphatic hydroxyl groups is 1. The maximum atomic E-state index is 9.58. The zero-order valence-electron chi connectivity index (χ0n) is 8.59. The molecule has 1 aliphatic carbocycles. The molecule has 0 amide bonds. The minimum absolute atomic E-state index is 0.188. The summed E-state index contributed by atoms with van der Waals surface area (Å²) in [6, 6.07) is 0. The molecule has 0 radical (unpaired) electrons. The van der Waals surface area contributed by atoms with Gasteiger partial charge >= 0.3 is 0 Å². The van der Waals surface area contributed by atoms with Crippen molar-refractivity contribution < 1.29 is 5.11 Å². The molecular weight excluding hydrogens is 210 g/mol. The molecule has 3 rings (SSSR count). The van der Waals surface area contributed by atoms with Gasteiger partial charge < -0.3 is 10.0 Å². The van der Waals surface area contributed by atoms with Gasteiger partial charge in [-0.1, -0.05) is 0 Å². The number of hydrogen-bond acceptors (Lipinski definition) is 5. The number of nitrogens with zero attached hydrogens (tertiary/aromatic N) is 3. The van der Waals surface area contributed by atoms with Crippen LogP contribution in [-0.2, 0) is 0 Å². The van der Waals surface area contributed by atoms with E-state index in [0.717, 1.165) is 36.9 Å².